The third-order valence-electron chi connectivity index (χ3n) is 2.50. The molecule has 0 N–H and O–H groups in total. The van der Waals surface area contributed by atoms with E-state index in [0.717, 1.165) is 5.56 Å². The zero-order valence-electron chi connectivity index (χ0n) is 10.2. The number of benzene rings is 2. The van der Waals surface area contributed by atoms with Crippen molar-refractivity contribution in [1.29, 1.82) is 0 Å². The Hall–Kier alpha value is -1.65. The molecule has 0 atom stereocenters. The maximum atomic E-state index is 11.3. The van der Waals surface area contributed by atoms with Gasteiger partial charge in [-0.2, -0.15) is 0 Å². The molecule has 3 nitrogen and oxygen atoms in total. The van der Waals surface area contributed by atoms with Gasteiger partial charge in [0, 0.05) is 17.5 Å². The van der Waals surface area contributed by atoms with Crippen molar-refractivity contribution in [2.75, 3.05) is 6.26 Å². The van der Waals surface area contributed by atoms with Crippen LogP contribution in [0, 0.1) is 0 Å². The van der Waals surface area contributed by atoms with Gasteiger partial charge in [0.25, 0.3) is 0 Å². The van der Waals surface area contributed by atoms with Crippen LogP contribution in [-0.2, 0) is 9.84 Å². The first-order chi connectivity index (χ1) is 8.95. The average molecular weight is 294 g/mol. The summed E-state index contributed by atoms with van der Waals surface area (Å²) in [5.74, 6) is 0. The minimum absolute atomic E-state index is 0.290. The van der Waals surface area contributed by atoms with Gasteiger partial charge in [-0.15, -0.1) is 0 Å². The van der Waals surface area contributed by atoms with Crippen LogP contribution in [0.4, 0.5) is 5.69 Å². The Morgan fingerprint density at radius 3 is 2.11 bits per heavy atom. The zero-order chi connectivity index (χ0) is 13.9. The molecule has 5 heteroatoms. The maximum Gasteiger partial charge on any atom is 0.175 e. The minimum atomic E-state index is -3.16. The van der Waals surface area contributed by atoms with Crippen molar-refractivity contribution in [3.8, 4) is 0 Å². The van der Waals surface area contributed by atoms with Crippen LogP contribution in [-0.4, -0.2) is 20.9 Å². The summed E-state index contributed by atoms with van der Waals surface area (Å²) < 4.78 is 22.6. The summed E-state index contributed by atoms with van der Waals surface area (Å²) in [4.78, 5) is 4.56. The fourth-order valence-corrected chi connectivity index (χ4v) is 2.23. The van der Waals surface area contributed by atoms with Crippen LogP contribution in [0.1, 0.15) is 5.56 Å². The highest BCUT2D eigenvalue weighted by atomic mass is 35.5. The molecule has 2 rings (SSSR count). The second-order valence-electron chi connectivity index (χ2n) is 4.08. The summed E-state index contributed by atoms with van der Waals surface area (Å²) in [7, 11) is -3.16. The Bertz CT molecular complexity index is 689. The van der Waals surface area contributed by atoms with Gasteiger partial charge >= 0.3 is 0 Å². The molecule has 19 heavy (non-hydrogen) atoms. The molecule has 0 fully saturated rings. The van der Waals surface area contributed by atoms with Crippen LogP contribution in [0.5, 0.6) is 0 Å². The van der Waals surface area contributed by atoms with E-state index in [0.29, 0.717) is 10.7 Å². The summed E-state index contributed by atoms with van der Waals surface area (Å²) in [5.41, 5.74) is 1.62. The molecule has 0 radical (unpaired) electrons. The monoisotopic (exact) mass is 293 g/mol. The van der Waals surface area contributed by atoms with Gasteiger partial charge in [-0.3, -0.25) is 4.99 Å². The molecule has 0 aliphatic rings. The highest BCUT2D eigenvalue weighted by Gasteiger charge is 2.05. The Morgan fingerprint density at radius 2 is 1.58 bits per heavy atom. The molecule has 0 aliphatic carbocycles. The van der Waals surface area contributed by atoms with E-state index in [1.807, 2.05) is 12.1 Å². The smallest absolute Gasteiger partial charge is 0.175 e. The van der Waals surface area contributed by atoms with E-state index in [1.165, 1.54) is 6.26 Å². The summed E-state index contributed by atoms with van der Waals surface area (Å²) in [5, 5.41) is 0.676. The van der Waals surface area contributed by atoms with Gasteiger partial charge in [0.15, 0.2) is 9.84 Å². The predicted molar refractivity (Wildman–Crippen MR) is 78.3 cm³/mol. The number of halogens is 1. The first kappa shape index (κ1) is 13.8. The predicted octanol–water partition coefficient (Wildman–Crippen LogP) is 3.49. The Balaban J connectivity index is 2.18. The number of rotatable bonds is 3. The lowest BCUT2D eigenvalue weighted by molar-refractivity contribution is 0.602. The summed E-state index contributed by atoms with van der Waals surface area (Å²) >= 11 is 5.79. The third kappa shape index (κ3) is 3.91. The van der Waals surface area contributed by atoms with Crippen LogP contribution in [0.3, 0.4) is 0 Å². The molecule has 2 aromatic rings. The van der Waals surface area contributed by atoms with Gasteiger partial charge in [0.1, 0.15) is 0 Å². The number of nitrogens with zero attached hydrogens (tertiary/aromatic N) is 1. The van der Waals surface area contributed by atoms with Gasteiger partial charge in [0.2, 0.25) is 0 Å². The Morgan fingerprint density at radius 1 is 1.00 bits per heavy atom. The quantitative estimate of drug-likeness (QED) is 0.813. The fraction of sp³-hybridized carbons (Fsp3) is 0.0714. The molecule has 98 valence electrons. The molecule has 0 unspecified atom stereocenters. The normalized spacial score (nSPS) is 11.9. The van der Waals surface area contributed by atoms with E-state index in [9.17, 15) is 8.42 Å². The number of hydrogen-bond acceptors (Lipinski definition) is 3. The molecule has 2 aromatic carbocycles. The molecule has 0 heterocycles. The van der Waals surface area contributed by atoms with E-state index in [1.54, 1.807) is 42.6 Å². The highest BCUT2D eigenvalue weighted by molar-refractivity contribution is 7.90. The molecule has 0 bridgehead atoms. The van der Waals surface area contributed by atoms with Gasteiger partial charge in [-0.05, 0) is 42.0 Å². The van der Waals surface area contributed by atoms with E-state index in [-0.39, 0.29) is 4.90 Å². The number of aliphatic imine (C=N–C) groups is 1. The van der Waals surface area contributed by atoms with Crippen molar-refractivity contribution < 1.29 is 8.42 Å². The van der Waals surface area contributed by atoms with Gasteiger partial charge in [-0.1, -0.05) is 23.7 Å². The number of sulfone groups is 1. The Kier molecular flexibility index (Phi) is 4.02. The van der Waals surface area contributed by atoms with E-state index in [2.05, 4.69) is 4.99 Å². The van der Waals surface area contributed by atoms with Crippen LogP contribution >= 0.6 is 11.6 Å². The first-order valence-electron chi connectivity index (χ1n) is 5.55. The lowest BCUT2D eigenvalue weighted by Gasteiger charge is -1.98. The SMILES string of the molecule is CS(=O)(=O)c1ccc(N=Cc2ccc(Cl)cc2)cc1. The molecular formula is C14H12ClNO2S. The van der Waals surface area contributed by atoms with Crippen molar-refractivity contribution in [2.45, 2.75) is 4.90 Å². The van der Waals surface area contributed by atoms with Gasteiger partial charge in [0.05, 0.1) is 10.6 Å². The van der Waals surface area contributed by atoms with Crippen LogP contribution in [0.2, 0.25) is 5.02 Å². The van der Waals surface area contributed by atoms with Gasteiger partial charge < -0.3 is 0 Å². The zero-order valence-corrected chi connectivity index (χ0v) is 11.8. The van der Waals surface area contributed by atoms with Crippen molar-refractivity contribution in [3.05, 3.63) is 59.1 Å². The second kappa shape index (κ2) is 5.55. The molecule has 0 saturated heterocycles. The molecule has 0 amide bonds. The maximum absolute atomic E-state index is 11.3. The van der Waals surface area contributed by atoms with Crippen molar-refractivity contribution in [2.24, 2.45) is 4.99 Å². The van der Waals surface area contributed by atoms with Crippen LogP contribution in [0.15, 0.2) is 58.4 Å². The van der Waals surface area contributed by atoms with Crippen LogP contribution < -0.4 is 0 Å². The molecule has 0 aliphatic heterocycles. The van der Waals surface area contributed by atoms with Gasteiger partial charge in [-0.25, -0.2) is 8.42 Å². The molecule has 0 saturated carbocycles. The largest absolute Gasteiger partial charge is 0.256 e. The standard InChI is InChI=1S/C14H12ClNO2S/c1-19(17,18)14-8-6-13(7-9-14)16-10-11-2-4-12(15)5-3-11/h2-10H,1H3. The lowest BCUT2D eigenvalue weighted by atomic mass is 10.2. The summed E-state index contributed by atoms with van der Waals surface area (Å²) in [6.45, 7) is 0. The molecule has 0 spiro atoms. The first-order valence-corrected chi connectivity index (χ1v) is 7.82. The van der Waals surface area contributed by atoms with E-state index < -0.39 is 9.84 Å². The van der Waals surface area contributed by atoms with Crippen LogP contribution in [0.25, 0.3) is 0 Å². The highest BCUT2D eigenvalue weighted by Crippen LogP contribution is 2.16. The summed E-state index contributed by atoms with van der Waals surface area (Å²) in [6, 6.07) is 13.7. The van der Waals surface area contributed by atoms with E-state index >= 15 is 0 Å². The lowest BCUT2D eigenvalue weighted by Crippen LogP contribution is -1.95. The minimum Gasteiger partial charge on any atom is -0.256 e. The average Bonchev–Trinajstić information content (AvgIpc) is 2.37. The number of hydrogen-bond donors (Lipinski definition) is 0. The van der Waals surface area contributed by atoms with Crippen molar-refractivity contribution in [3.63, 3.8) is 0 Å². The second-order valence-corrected chi connectivity index (χ2v) is 6.53. The molecular weight excluding hydrogens is 282 g/mol. The topological polar surface area (TPSA) is 46.5 Å². The molecule has 0 aromatic heterocycles. The van der Waals surface area contributed by atoms with Crippen molar-refractivity contribution >= 4 is 33.3 Å². The Labute approximate surface area is 117 Å². The van der Waals surface area contributed by atoms with Crippen molar-refractivity contribution in [1.82, 2.24) is 0 Å². The summed E-state index contributed by atoms with van der Waals surface area (Å²) in [6.07, 6.45) is 2.88. The fourth-order valence-electron chi connectivity index (χ4n) is 1.48. The van der Waals surface area contributed by atoms with E-state index in [4.69, 9.17) is 11.6 Å². The third-order valence-corrected chi connectivity index (χ3v) is 3.88.